The first-order valence-electron chi connectivity index (χ1n) is 7.65. The van der Waals surface area contributed by atoms with Crippen LogP contribution >= 0.6 is 0 Å². The van der Waals surface area contributed by atoms with Gasteiger partial charge in [-0.15, -0.1) is 0 Å². The zero-order chi connectivity index (χ0) is 13.4. The minimum absolute atomic E-state index is 0.543. The highest BCUT2D eigenvalue weighted by atomic mass is 16.5. The summed E-state index contributed by atoms with van der Waals surface area (Å²) in [5.74, 6) is 0. The van der Waals surface area contributed by atoms with Gasteiger partial charge >= 0.3 is 0 Å². The quantitative estimate of drug-likeness (QED) is 0.722. The number of hydrogen-bond donors (Lipinski definition) is 1. The van der Waals surface area contributed by atoms with Gasteiger partial charge in [-0.05, 0) is 37.9 Å². The van der Waals surface area contributed by atoms with Crippen molar-refractivity contribution in [3.8, 4) is 0 Å². The van der Waals surface area contributed by atoms with E-state index in [1.807, 2.05) is 7.11 Å². The molecule has 1 aliphatic rings. The first-order chi connectivity index (χ1) is 8.71. The third-order valence-corrected chi connectivity index (χ3v) is 4.86. The molecule has 0 aromatic rings. The van der Waals surface area contributed by atoms with E-state index in [0.29, 0.717) is 11.5 Å². The third-order valence-electron chi connectivity index (χ3n) is 4.86. The summed E-state index contributed by atoms with van der Waals surface area (Å²) in [5, 5.41) is 3.46. The highest BCUT2D eigenvalue weighted by molar-refractivity contribution is 4.87. The smallest absolute Gasteiger partial charge is 0.0630 e. The number of ether oxygens (including phenoxy) is 1. The van der Waals surface area contributed by atoms with Crippen LogP contribution in [0.5, 0.6) is 0 Å². The molecule has 0 spiro atoms. The summed E-state index contributed by atoms with van der Waals surface area (Å²) in [6.45, 7) is 12.3. The van der Waals surface area contributed by atoms with E-state index in [4.69, 9.17) is 4.74 Å². The van der Waals surface area contributed by atoms with Crippen LogP contribution in [0, 0.1) is 5.41 Å². The molecule has 0 aromatic carbocycles. The number of methoxy groups -OCH3 is 1. The Morgan fingerprint density at radius 2 is 1.78 bits per heavy atom. The van der Waals surface area contributed by atoms with Gasteiger partial charge in [-0.25, -0.2) is 0 Å². The van der Waals surface area contributed by atoms with Crippen LogP contribution in [0.2, 0.25) is 0 Å². The van der Waals surface area contributed by atoms with E-state index >= 15 is 0 Å². The summed E-state index contributed by atoms with van der Waals surface area (Å²) < 4.78 is 5.38. The van der Waals surface area contributed by atoms with Gasteiger partial charge in [0.05, 0.1) is 6.61 Å². The van der Waals surface area contributed by atoms with E-state index in [1.54, 1.807) is 0 Å². The molecule has 1 heterocycles. The lowest BCUT2D eigenvalue weighted by atomic mass is 9.74. The van der Waals surface area contributed by atoms with E-state index in [2.05, 4.69) is 31.0 Å². The number of nitrogens with zero attached hydrogens (tertiary/aromatic N) is 1. The Bertz CT molecular complexity index is 207. The van der Waals surface area contributed by atoms with E-state index in [1.165, 1.54) is 38.8 Å². The SMILES string of the molecule is CCNCC(COC)N1CCC(CC)(CC)CC1. The fraction of sp³-hybridized carbons (Fsp3) is 1.00. The van der Waals surface area contributed by atoms with Crippen molar-refractivity contribution in [2.75, 3.05) is 39.9 Å². The minimum atomic E-state index is 0.543. The molecule has 3 heteroatoms. The Hall–Kier alpha value is -0.120. The van der Waals surface area contributed by atoms with Crippen LogP contribution in [0.1, 0.15) is 46.5 Å². The normalized spacial score (nSPS) is 22.0. The molecule has 18 heavy (non-hydrogen) atoms. The molecule has 1 aliphatic heterocycles. The van der Waals surface area contributed by atoms with Gasteiger partial charge in [0.15, 0.2) is 0 Å². The lowest BCUT2D eigenvalue weighted by molar-refractivity contribution is 0.0322. The number of piperidine rings is 1. The molecule has 1 atom stereocenters. The van der Waals surface area contributed by atoms with Crippen molar-refractivity contribution >= 4 is 0 Å². The highest BCUT2D eigenvalue weighted by Crippen LogP contribution is 2.38. The maximum atomic E-state index is 5.38. The summed E-state index contributed by atoms with van der Waals surface area (Å²) >= 11 is 0. The van der Waals surface area contributed by atoms with E-state index in [0.717, 1.165) is 19.7 Å². The predicted molar refractivity (Wildman–Crippen MR) is 78.0 cm³/mol. The molecule has 0 radical (unpaired) electrons. The summed E-state index contributed by atoms with van der Waals surface area (Å²) in [7, 11) is 1.81. The second-order valence-corrected chi connectivity index (χ2v) is 5.66. The molecule has 0 bridgehead atoms. The van der Waals surface area contributed by atoms with Crippen LogP contribution in [0.4, 0.5) is 0 Å². The summed E-state index contributed by atoms with van der Waals surface area (Å²) in [4.78, 5) is 2.62. The number of nitrogens with one attached hydrogen (secondary N) is 1. The van der Waals surface area contributed by atoms with Gasteiger partial charge < -0.3 is 10.1 Å². The molecule has 3 nitrogen and oxygen atoms in total. The second-order valence-electron chi connectivity index (χ2n) is 5.66. The molecular weight excluding hydrogens is 224 g/mol. The fourth-order valence-corrected chi connectivity index (χ4v) is 3.12. The minimum Gasteiger partial charge on any atom is -0.383 e. The number of likely N-dealkylation sites (tertiary alicyclic amines) is 1. The Balaban J connectivity index is 2.47. The molecule has 1 N–H and O–H groups in total. The van der Waals surface area contributed by atoms with Gasteiger partial charge in [-0.1, -0.05) is 33.6 Å². The van der Waals surface area contributed by atoms with Crippen molar-refractivity contribution in [2.45, 2.75) is 52.5 Å². The second kappa shape index (κ2) is 8.13. The van der Waals surface area contributed by atoms with Crippen molar-refractivity contribution in [3.05, 3.63) is 0 Å². The molecule has 0 amide bonds. The van der Waals surface area contributed by atoms with Crippen LogP contribution in [-0.4, -0.2) is 50.8 Å². The van der Waals surface area contributed by atoms with Crippen molar-refractivity contribution in [1.82, 2.24) is 10.2 Å². The summed E-state index contributed by atoms with van der Waals surface area (Å²) in [5.41, 5.74) is 0.617. The zero-order valence-corrected chi connectivity index (χ0v) is 12.8. The Kier molecular flexibility index (Phi) is 7.20. The van der Waals surface area contributed by atoms with Gasteiger partial charge in [-0.2, -0.15) is 0 Å². The van der Waals surface area contributed by atoms with Crippen molar-refractivity contribution < 1.29 is 4.74 Å². The summed E-state index contributed by atoms with van der Waals surface area (Å²) in [6.07, 6.45) is 5.37. The first kappa shape index (κ1) is 15.9. The predicted octanol–water partition coefficient (Wildman–Crippen LogP) is 2.51. The van der Waals surface area contributed by atoms with Crippen LogP contribution in [0.25, 0.3) is 0 Å². The molecule has 1 rings (SSSR count). The zero-order valence-electron chi connectivity index (χ0n) is 12.8. The Morgan fingerprint density at radius 1 is 1.17 bits per heavy atom. The van der Waals surface area contributed by atoms with Crippen LogP contribution in [0.3, 0.4) is 0 Å². The van der Waals surface area contributed by atoms with E-state index in [-0.39, 0.29) is 0 Å². The Morgan fingerprint density at radius 3 is 2.22 bits per heavy atom. The molecular formula is C15H32N2O. The Labute approximate surface area is 113 Å². The molecule has 1 saturated heterocycles. The molecule has 1 fully saturated rings. The third kappa shape index (κ3) is 4.22. The standard InChI is InChI=1S/C15H32N2O/c1-5-15(6-2)8-10-17(11-9-15)14(13-18-4)12-16-7-3/h14,16H,5-13H2,1-4H3. The van der Waals surface area contributed by atoms with Crippen molar-refractivity contribution in [2.24, 2.45) is 5.41 Å². The largest absolute Gasteiger partial charge is 0.383 e. The van der Waals surface area contributed by atoms with Gasteiger partial charge in [0.25, 0.3) is 0 Å². The molecule has 0 saturated carbocycles. The fourth-order valence-electron chi connectivity index (χ4n) is 3.12. The van der Waals surface area contributed by atoms with E-state index < -0.39 is 0 Å². The summed E-state index contributed by atoms with van der Waals surface area (Å²) in [6, 6.07) is 0.543. The van der Waals surface area contributed by atoms with Crippen molar-refractivity contribution in [3.63, 3.8) is 0 Å². The van der Waals surface area contributed by atoms with Crippen LogP contribution < -0.4 is 5.32 Å². The number of hydrogen-bond acceptors (Lipinski definition) is 3. The first-order valence-corrected chi connectivity index (χ1v) is 7.65. The monoisotopic (exact) mass is 256 g/mol. The van der Waals surface area contributed by atoms with Gasteiger partial charge in [0.2, 0.25) is 0 Å². The maximum absolute atomic E-state index is 5.38. The molecule has 0 aromatic heterocycles. The average molecular weight is 256 g/mol. The van der Waals surface area contributed by atoms with Crippen LogP contribution in [-0.2, 0) is 4.74 Å². The average Bonchev–Trinajstić information content (AvgIpc) is 2.43. The highest BCUT2D eigenvalue weighted by Gasteiger charge is 2.33. The van der Waals surface area contributed by atoms with Gasteiger partial charge in [-0.3, -0.25) is 4.90 Å². The lowest BCUT2D eigenvalue weighted by Crippen LogP contribution is -2.50. The van der Waals surface area contributed by atoms with Crippen molar-refractivity contribution in [1.29, 1.82) is 0 Å². The van der Waals surface area contributed by atoms with Gasteiger partial charge in [0.1, 0.15) is 0 Å². The molecule has 1 unspecified atom stereocenters. The van der Waals surface area contributed by atoms with Gasteiger partial charge in [0, 0.05) is 19.7 Å². The maximum Gasteiger partial charge on any atom is 0.0630 e. The number of likely N-dealkylation sites (N-methyl/N-ethyl adjacent to an activating group) is 1. The van der Waals surface area contributed by atoms with Crippen LogP contribution in [0.15, 0.2) is 0 Å². The number of rotatable bonds is 8. The molecule has 108 valence electrons. The van der Waals surface area contributed by atoms with E-state index in [9.17, 15) is 0 Å². The lowest BCUT2D eigenvalue weighted by Gasteiger charge is -2.44. The topological polar surface area (TPSA) is 24.5 Å². The molecule has 0 aliphatic carbocycles.